The molecule has 0 atom stereocenters. The lowest BCUT2D eigenvalue weighted by Crippen LogP contribution is -2.04. The van der Waals surface area contributed by atoms with E-state index in [1.165, 1.54) is 16.7 Å². The van der Waals surface area contributed by atoms with Gasteiger partial charge in [-0.15, -0.1) is 0 Å². The van der Waals surface area contributed by atoms with E-state index in [0.717, 1.165) is 24.5 Å². The van der Waals surface area contributed by atoms with Crippen LogP contribution in [0.5, 0.6) is 11.6 Å². The van der Waals surface area contributed by atoms with Crippen LogP contribution in [0, 0.1) is 0 Å². The Labute approximate surface area is 94.9 Å². The minimum Gasteiger partial charge on any atom is -0.438 e. The van der Waals surface area contributed by atoms with Gasteiger partial charge in [0.15, 0.2) is 0 Å². The fourth-order valence-electron chi connectivity index (χ4n) is 2.05. The number of aryl methyl sites for hydroxylation is 1. The lowest BCUT2D eigenvalue weighted by Gasteiger charge is -2.19. The van der Waals surface area contributed by atoms with Gasteiger partial charge in [-0.25, -0.2) is 4.98 Å². The SMILES string of the molecule is CCc1ccc2c(c1)Cc1cccnc1O2. The molecule has 1 aliphatic rings. The van der Waals surface area contributed by atoms with Crippen molar-refractivity contribution in [2.75, 3.05) is 0 Å². The highest BCUT2D eigenvalue weighted by atomic mass is 16.5. The molecule has 2 nitrogen and oxygen atoms in total. The van der Waals surface area contributed by atoms with Gasteiger partial charge in [-0.2, -0.15) is 0 Å². The van der Waals surface area contributed by atoms with Crippen LogP contribution < -0.4 is 4.74 Å². The van der Waals surface area contributed by atoms with Crippen molar-refractivity contribution in [3.05, 3.63) is 53.2 Å². The normalized spacial score (nSPS) is 12.6. The molecule has 1 aromatic heterocycles. The van der Waals surface area contributed by atoms with Gasteiger partial charge >= 0.3 is 0 Å². The maximum atomic E-state index is 5.77. The number of rotatable bonds is 1. The van der Waals surface area contributed by atoms with Gasteiger partial charge in [0.05, 0.1) is 0 Å². The first-order valence-electron chi connectivity index (χ1n) is 5.60. The van der Waals surface area contributed by atoms with E-state index >= 15 is 0 Å². The zero-order valence-electron chi connectivity index (χ0n) is 9.23. The van der Waals surface area contributed by atoms with E-state index in [2.05, 4.69) is 30.1 Å². The van der Waals surface area contributed by atoms with Crippen molar-refractivity contribution in [1.82, 2.24) is 4.98 Å². The second-order valence-corrected chi connectivity index (χ2v) is 4.04. The molecular formula is C14H13NO. The van der Waals surface area contributed by atoms with Crippen LogP contribution in [0.4, 0.5) is 0 Å². The maximum absolute atomic E-state index is 5.77. The summed E-state index contributed by atoms with van der Waals surface area (Å²) in [5.41, 5.74) is 3.79. The standard InChI is InChI=1S/C14H13NO/c1-2-10-5-6-13-12(8-10)9-11-4-3-7-15-14(11)16-13/h3-8H,2,9H2,1H3. The summed E-state index contributed by atoms with van der Waals surface area (Å²) in [6.45, 7) is 2.17. The van der Waals surface area contributed by atoms with E-state index in [-0.39, 0.29) is 0 Å². The third-order valence-electron chi connectivity index (χ3n) is 2.97. The zero-order chi connectivity index (χ0) is 11.0. The summed E-state index contributed by atoms with van der Waals surface area (Å²) < 4.78 is 5.77. The van der Waals surface area contributed by atoms with Crippen LogP contribution in [0.25, 0.3) is 0 Å². The fourth-order valence-corrected chi connectivity index (χ4v) is 2.05. The summed E-state index contributed by atoms with van der Waals surface area (Å²) in [5, 5.41) is 0. The van der Waals surface area contributed by atoms with Crippen LogP contribution in [0.3, 0.4) is 0 Å². The topological polar surface area (TPSA) is 22.1 Å². The van der Waals surface area contributed by atoms with Gasteiger partial charge in [0, 0.05) is 18.2 Å². The quantitative estimate of drug-likeness (QED) is 0.616. The lowest BCUT2D eigenvalue weighted by molar-refractivity contribution is 0.440. The molecule has 0 spiro atoms. The van der Waals surface area contributed by atoms with E-state index < -0.39 is 0 Å². The van der Waals surface area contributed by atoms with Crippen LogP contribution in [-0.2, 0) is 12.8 Å². The smallest absolute Gasteiger partial charge is 0.222 e. The summed E-state index contributed by atoms with van der Waals surface area (Å²) in [4.78, 5) is 4.24. The molecule has 0 saturated heterocycles. The first kappa shape index (κ1) is 9.40. The number of ether oxygens (including phenoxy) is 1. The van der Waals surface area contributed by atoms with E-state index in [0.29, 0.717) is 0 Å². The number of benzene rings is 1. The fraction of sp³-hybridized carbons (Fsp3) is 0.214. The first-order chi connectivity index (χ1) is 7.86. The van der Waals surface area contributed by atoms with Crippen molar-refractivity contribution >= 4 is 0 Å². The Morgan fingerprint density at radius 1 is 1.25 bits per heavy atom. The van der Waals surface area contributed by atoms with Crippen molar-refractivity contribution in [1.29, 1.82) is 0 Å². The monoisotopic (exact) mass is 211 g/mol. The summed E-state index contributed by atoms with van der Waals surface area (Å²) in [6.07, 6.45) is 3.75. The Bertz CT molecular complexity index is 534. The second-order valence-electron chi connectivity index (χ2n) is 4.04. The number of pyridine rings is 1. The van der Waals surface area contributed by atoms with Gasteiger partial charge in [-0.1, -0.05) is 25.1 Å². The summed E-state index contributed by atoms with van der Waals surface area (Å²) >= 11 is 0. The molecule has 0 N–H and O–H groups in total. The molecule has 1 aliphatic heterocycles. The Hall–Kier alpha value is -1.83. The molecular weight excluding hydrogens is 198 g/mol. The highest BCUT2D eigenvalue weighted by Gasteiger charge is 2.17. The number of hydrogen-bond donors (Lipinski definition) is 0. The minimum absolute atomic E-state index is 0.749. The van der Waals surface area contributed by atoms with E-state index in [4.69, 9.17) is 4.74 Å². The van der Waals surface area contributed by atoms with Gasteiger partial charge in [0.25, 0.3) is 0 Å². The molecule has 80 valence electrons. The predicted molar refractivity (Wildman–Crippen MR) is 62.9 cm³/mol. The van der Waals surface area contributed by atoms with Crippen molar-refractivity contribution < 1.29 is 4.74 Å². The Morgan fingerprint density at radius 3 is 3.06 bits per heavy atom. The summed E-state index contributed by atoms with van der Waals surface area (Å²) in [5.74, 6) is 1.70. The molecule has 0 aliphatic carbocycles. The second kappa shape index (κ2) is 3.63. The highest BCUT2D eigenvalue weighted by Crippen LogP contribution is 2.35. The molecule has 1 aromatic carbocycles. The van der Waals surface area contributed by atoms with Gasteiger partial charge in [0.2, 0.25) is 5.88 Å². The third-order valence-corrected chi connectivity index (χ3v) is 2.97. The Morgan fingerprint density at radius 2 is 2.19 bits per heavy atom. The Balaban J connectivity index is 2.05. The minimum atomic E-state index is 0.749. The highest BCUT2D eigenvalue weighted by molar-refractivity contribution is 5.48. The van der Waals surface area contributed by atoms with Crippen LogP contribution in [0.2, 0.25) is 0 Å². The number of fused-ring (bicyclic) bond motifs is 2. The van der Waals surface area contributed by atoms with Crippen molar-refractivity contribution in [3.63, 3.8) is 0 Å². The zero-order valence-corrected chi connectivity index (χ0v) is 9.23. The van der Waals surface area contributed by atoms with Crippen molar-refractivity contribution in [2.24, 2.45) is 0 Å². The Kier molecular flexibility index (Phi) is 2.13. The molecule has 0 bridgehead atoms. The first-order valence-corrected chi connectivity index (χ1v) is 5.60. The van der Waals surface area contributed by atoms with Crippen molar-refractivity contribution in [2.45, 2.75) is 19.8 Å². The average Bonchev–Trinajstić information content (AvgIpc) is 2.35. The maximum Gasteiger partial charge on any atom is 0.222 e. The van der Waals surface area contributed by atoms with Gasteiger partial charge < -0.3 is 4.74 Å². The van der Waals surface area contributed by atoms with Crippen LogP contribution in [0.1, 0.15) is 23.6 Å². The predicted octanol–water partition coefficient (Wildman–Crippen LogP) is 3.34. The van der Waals surface area contributed by atoms with Gasteiger partial charge in [0.1, 0.15) is 5.75 Å². The number of hydrogen-bond acceptors (Lipinski definition) is 2. The molecule has 0 saturated carbocycles. The molecule has 16 heavy (non-hydrogen) atoms. The third kappa shape index (κ3) is 1.47. The molecule has 2 heteroatoms. The molecule has 2 aromatic rings. The van der Waals surface area contributed by atoms with Crippen LogP contribution >= 0.6 is 0 Å². The van der Waals surface area contributed by atoms with E-state index in [1.807, 2.05) is 12.1 Å². The molecule has 3 rings (SSSR count). The number of aromatic nitrogens is 1. The molecule has 2 heterocycles. The largest absolute Gasteiger partial charge is 0.438 e. The van der Waals surface area contributed by atoms with Crippen LogP contribution in [0.15, 0.2) is 36.5 Å². The van der Waals surface area contributed by atoms with Gasteiger partial charge in [-0.05, 0) is 29.7 Å². The molecule has 0 radical (unpaired) electrons. The van der Waals surface area contributed by atoms with Gasteiger partial charge in [-0.3, -0.25) is 0 Å². The molecule has 0 fully saturated rings. The average molecular weight is 211 g/mol. The van der Waals surface area contributed by atoms with Crippen molar-refractivity contribution in [3.8, 4) is 11.6 Å². The molecule has 0 amide bonds. The van der Waals surface area contributed by atoms with E-state index in [9.17, 15) is 0 Å². The summed E-state index contributed by atoms with van der Waals surface area (Å²) in [6, 6.07) is 10.4. The molecule has 0 unspecified atom stereocenters. The summed E-state index contributed by atoms with van der Waals surface area (Å²) in [7, 11) is 0. The van der Waals surface area contributed by atoms with E-state index in [1.54, 1.807) is 6.20 Å². The lowest BCUT2D eigenvalue weighted by atomic mass is 10.00. The van der Waals surface area contributed by atoms with Crippen LogP contribution in [-0.4, -0.2) is 4.98 Å². The number of nitrogens with zero attached hydrogens (tertiary/aromatic N) is 1.